The molecule has 1 aromatic heterocycles. The van der Waals surface area contributed by atoms with Crippen LogP contribution in [0.2, 0.25) is 0 Å². The van der Waals surface area contributed by atoms with Gasteiger partial charge >= 0.3 is 0 Å². The van der Waals surface area contributed by atoms with Crippen molar-refractivity contribution in [1.29, 1.82) is 0 Å². The molecule has 0 bridgehead atoms. The zero-order valence-corrected chi connectivity index (χ0v) is 12.5. The van der Waals surface area contributed by atoms with Gasteiger partial charge in [0, 0.05) is 11.8 Å². The van der Waals surface area contributed by atoms with E-state index in [4.69, 9.17) is 4.74 Å². The summed E-state index contributed by atoms with van der Waals surface area (Å²) in [6.07, 6.45) is 0. The van der Waals surface area contributed by atoms with Crippen molar-refractivity contribution in [1.82, 2.24) is 4.98 Å². The minimum absolute atomic E-state index is 0.00889. The number of aromatic nitrogens is 1. The third-order valence-electron chi connectivity index (χ3n) is 3.26. The predicted molar refractivity (Wildman–Crippen MR) is 80.2 cm³/mol. The minimum Gasteiger partial charge on any atom is -0.439 e. The number of ether oxygens (including phenoxy) is 1. The van der Waals surface area contributed by atoms with Crippen LogP contribution in [0.25, 0.3) is 0 Å². The molecule has 0 spiro atoms. The molecule has 1 aromatic carbocycles. The zero-order chi connectivity index (χ0) is 14.7. The van der Waals surface area contributed by atoms with E-state index in [0.29, 0.717) is 11.8 Å². The van der Waals surface area contributed by atoms with E-state index in [-0.39, 0.29) is 6.61 Å². The van der Waals surface area contributed by atoms with Crippen LogP contribution in [-0.2, 0) is 6.61 Å². The maximum absolute atomic E-state index is 9.21. The van der Waals surface area contributed by atoms with Gasteiger partial charge in [-0.25, -0.2) is 4.98 Å². The van der Waals surface area contributed by atoms with Crippen molar-refractivity contribution in [2.24, 2.45) is 0 Å². The number of aryl methyl sites for hydroxylation is 2. The smallest absolute Gasteiger partial charge is 0.219 e. The molecule has 0 amide bonds. The van der Waals surface area contributed by atoms with E-state index in [1.807, 2.05) is 25.1 Å². The maximum atomic E-state index is 9.21. The Morgan fingerprint density at radius 2 is 1.90 bits per heavy atom. The van der Waals surface area contributed by atoms with E-state index in [9.17, 15) is 5.11 Å². The van der Waals surface area contributed by atoms with Crippen molar-refractivity contribution in [3.05, 3.63) is 52.7 Å². The molecule has 1 heterocycles. The first-order valence-corrected chi connectivity index (χ1v) is 6.86. The summed E-state index contributed by atoms with van der Waals surface area (Å²) in [6.45, 7) is 8.33. The summed E-state index contributed by atoms with van der Waals surface area (Å²) in [4.78, 5) is 4.33. The van der Waals surface area contributed by atoms with E-state index in [0.717, 1.165) is 17.0 Å². The van der Waals surface area contributed by atoms with Gasteiger partial charge in [0.05, 0.1) is 6.61 Å². The lowest BCUT2D eigenvalue weighted by Gasteiger charge is -2.12. The van der Waals surface area contributed by atoms with Crippen LogP contribution in [0.5, 0.6) is 11.6 Å². The van der Waals surface area contributed by atoms with Crippen molar-refractivity contribution >= 4 is 0 Å². The number of rotatable bonds is 4. The van der Waals surface area contributed by atoms with Crippen molar-refractivity contribution in [2.45, 2.75) is 40.2 Å². The van der Waals surface area contributed by atoms with Crippen molar-refractivity contribution in [3.63, 3.8) is 0 Å². The van der Waals surface area contributed by atoms with E-state index < -0.39 is 0 Å². The summed E-state index contributed by atoms with van der Waals surface area (Å²) in [5.74, 6) is 1.79. The van der Waals surface area contributed by atoms with Gasteiger partial charge in [-0.15, -0.1) is 0 Å². The lowest BCUT2D eigenvalue weighted by Crippen LogP contribution is -1.96. The van der Waals surface area contributed by atoms with Crippen LogP contribution in [0.1, 0.15) is 42.1 Å². The molecule has 1 N–H and O–H groups in total. The summed E-state index contributed by atoms with van der Waals surface area (Å²) in [7, 11) is 0. The molecule has 0 aliphatic rings. The number of hydrogen-bond donors (Lipinski definition) is 1. The summed E-state index contributed by atoms with van der Waals surface area (Å²) in [6, 6.07) is 9.69. The molecule has 0 fully saturated rings. The van der Waals surface area contributed by atoms with Gasteiger partial charge < -0.3 is 9.84 Å². The fraction of sp³-hybridized carbons (Fsp3) is 0.353. The van der Waals surface area contributed by atoms with E-state index >= 15 is 0 Å². The first kappa shape index (κ1) is 14.5. The lowest BCUT2D eigenvalue weighted by atomic mass is 9.98. The lowest BCUT2D eigenvalue weighted by molar-refractivity contribution is 0.281. The molecule has 0 atom stereocenters. The van der Waals surface area contributed by atoms with Crippen LogP contribution in [0.15, 0.2) is 30.3 Å². The Bertz CT molecular complexity index is 606. The van der Waals surface area contributed by atoms with Crippen molar-refractivity contribution in [2.75, 3.05) is 0 Å². The zero-order valence-electron chi connectivity index (χ0n) is 12.5. The average Bonchev–Trinajstić information content (AvgIpc) is 2.37. The highest BCUT2D eigenvalue weighted by Gasteiger charge is 2.07. The maximum Gasteiger partial charge on any atom is 0.219 e. The van der Waals surface area contributed by atoms with Crippen LogP contribution in [-0.4, -0.2) is 10.1 Å². The first-order valence-electron chi connectivity index (χ1n) is 6.86. The average molecular weight is 271 g/mol. The highest BCUT2D eigenvalue weighted by atomic mass is 16.5. The normalized spacial score (nSPS) is 10.9. The van der Waals surface area contributed by atoms with Crippen LogP contribution >= 0.6 is 0 Å². The summed E-state index contributed by atoms with van der Waals surface area (Å²) >= 11 is 0. The molecular weight excluding hydrogens is 250 g/mol. The number of aliphatic hydroxyl groups excluding tert-OH is 1. The molecule has 2 rings (SSSR count). The minimum atomic E-state index is -0.00889. The molecule has 3 heteroatoms. The Labute approximate surface area is 120 Å². The van der Waals surface area contributed by atoms with E-state index in [2.05, 4.69) is 31.8 Å². The standard InChI is InChI=1S/C17H21NO2/c1-11(2)16-6-5-15(7-12(16)3)20-17-9-14(10-19)8-13(4)18-17/h5-9,11,19H,10H2,1-4H3. The van der Waals surface area contributed by atoms with Crippen LogP contribution in [0.4, 0.5) is 0 Å². The number of nitrogens with zero attached hydrogens (tertiary/aromatic N) is 1. The largest absolute Gasteiger partial charge is 0.439 e. The Kier molecular flexibility index (Phi) is 4.40. The second-order valence-electron chi connectivity index (χ2n) is 5.39. The van der Waals surface area contributed by atoms with Crippen LogP contribution in [0, 0.1) is 13.8 Å². The molecular formula is C17H21NO2. The molecule has 0 aliphatic carbocycles. The Balaban J connectivity index is 2.26. The summed E-state index contributed by atoms with van der Waals surface area (Å²) < 4.78 is 5.80. The molecule has 0 saturated carbocycles. The van der Waals surface area contributed by atoms with Gasteiger partial charge in [-0.3, -0.25) is 0 Å². The SMILES string of the molecule is Cc1cc(CO)cc(Oc2ccc(C(C)C)c(C)c2)n1. The number of aliphatic hydroxyl groups is 1. The molecule has 0 unspecified atom stereocenters. The fourth-order valence-corrected chi connectivity index (χ4v) is 2.33. The number of hydrogen-bond acceptors (Lipinski definition) is 3. The third-order valence-corrected chi connectivity index (χ3v) is 3.26. The fourth-order valence-electron chi connectivity index (χ4n) is 2.33. The summed E-state index contributed by atoms with van der Waals surface area (Å²) in [5, 5.41) is 9.21. The van der Waals surface area contributed by atoms with Gasteiger partial charge in [-0.2, -0.15) is 0 Å². The van der Waals surface area contributed by atoms with Gasteiger partial charge in [-0.1, -0.05) is 19.9 Å². The van der Waals surface area contributed by atoms with Gasteiger partial charge in [0.15, 0.2) is 0 Å². The van der Waals surface area contributed by atoms with Crippen LogP contribution in [0.3, 0.4) is 0 Å². The monoisotopic (exact) mass is 271 g/mol. The quantitative estimate of drug-likeness (QED) is 0.910. The first-order chi connectivity index (χ1) is 9.49. The molecule has 0 saturated heterocycles. The molecule has 3 nitrogen and oxygen atoms in total. The second kappa shape index (κ2) is 6.06. The topological polar surface area (TPSA) is 42.4 Å². The van der Waals surface area contributed by atoms with Gasteiger partial charge in [-0.05, 0) is 54.7 Å². The van der Waals surface area contributed by atoms with Crippen LogP contribution < -0.4 is 4.74 Å². The molecule has 2 aromatic rings. The van der Waals surface area contributed by atoms with E-state index in [1.165, 1.54) is 11.1 Å². The molecule has 20 heavy (non-hydrogen) atoms. The molecule has 0 aliphatic heterocycles. The Morgan fingerprint density at radius 1 is 1.15 bits per heavy atom. The van der Waals surface area contributed by atoms with E-state index in [1.54, 1.807) is 6.07 Å². The highest BCUT2D eigenvalue weighted by molar-refractivity contribution is 5.38. The Morgan fingerprint density at radius 3 is 2.50 bits per heavy atom. The molecule has 0 radical (unpaired) electrons. The van der Waals surface area contributed by atoms with Gasteiger partial charge in [0.1, 0.15) is 5.75 Å². The third kappa shape index (κ3) is 3.36. The molecule has 106 valence electrons. The predicted octanol–water partition coefficient (Wildman–Crippen LogP) is 4.11. The highest BCUT2D eigenvalue weighted by Crippen LogP contribution is 2.26. The van der Waals surface area contributed by atoms with Crippen molar-refractivity contribution < 1.29 is 9.84 Å². The number of benzene rings is 1. The summed E-state index contributed by atoms with van der Waals surface area (Å²) in [5.41, 5.74) is 4.18. The van der Waals surface area contributed by atoms with Gasteiger partial charge in [0.25, 0.3) is 0 Å². The number of pyridine rings is 1. The van der Waals surface area contributed by atoms with Crippen molar-refractivity contribution in [3.8, 4) is 11.6 Å². The Hall–Kier alpha value is -1.87. The second-order valence-corrected chi connectivity index (χ2v) is 5.39. The van der Waals surface area contributed by atoms with Gasteiger partial charge in [0.2, 0.25) is 5.88 Å².